The Bertz CT molecular complexity index is 840. The van der Waals surface area contributed by atoms with Crippen LogP contribution >= 0.6 is 0 Å². The number of aromatic nitrogens is 3. The summed E-state index contributed by atoms with van der Waals surface area (Å²) < 4.78 is 10.6. The Hall–Kier alpha value is -2.90. The number of amides is 1. The molecule has 0 N–H and O–H groups in total. The fraction of sp³-hybridized carbons (Fsp3) is 0.524. The molecule has 2 aromatic heterocycles. The van der Waals surface area contributed by atoms with Gasteiger partial charge in [0, 0.05) is 50.4 Å². The summed E-state index contributed by atoms with van der Waals surface area (Å²) in [4.78, 5) is 30.0. The van der Waals surface area contributed by atoms with Crippen LogP contribution in [0.4, 0.5) is 5.95 Å². The number of hydrogen-bond acceptors (Lipinski definition) is 7. The van der Waals surface area contributed by atoms with Gasteiger partial charge in [0.15, 0.2) is 0 Å². The molecular weight excluding hydrogens is 370 g/mol. The van der Waals surface area contributed by atoms with Crippen molar-refractivity contribution in [2.75, 3.05) is 38.8 Å². The van der Waals surface area contributed by atoms with Gasteiger partial charge in [-0.15, -0.1) is 0 Å². The van der Waals surface area contributed by atoms with Crippen LogP contribution < -0.4 is 14.4 Å². The van der Waals surface area contributed by atoms with Crippen LogP contribution in [-0.2, 0) is 11.3 Å². The van der Waals surface area contributed by atoms with E-state index in [-0.39, 0.29) is 11.3 Å². The standard InChI is InChI=1S/C21H27N5O3/c1-28-17-11-18(29-2)24-20(23-17)25-10-4-7-21(14-25)8-6-19(27)26(15-21)13-16-5-3-9-22-12-16/h3,5,9,11-12H,4,6-8,10,13-15H2,1-2H3/t21-/m0/s1. The number of carbonyl (C=O) groups is 1. The number of hydrogen-bond donors (Lipinski definition) is 0. The van der Waals surface area contributed by atoms with Gasteiger partial charge < -0.3 is 19.3 Å². The highest BCUT2D eigenvalue weighted by Gasteiger charge is 2.42. The van der Waals surface area contributed by atoms with E-state index in [9.17, 15) is 4.79 Å². The van der Waals surface area contributed by atoms with Crippen molar-refractivity contribution in [3.8, 4) is 11.8 Å². The smallest absolute Gasteiger partial charge is 0.231 e. The van der Waals surface area contributed by atoms with E-state index < -0.39 is 0 Å². The molecule has 1 spiro atoms. The monoisotopic (exact) mass is 397 g/mol. The molecule has 2 fully saturated rings. The van der Waals surface area contributed by atoms with Gasteiger partial charge in [-0.05, 0) is 30.9 Å². The zero-order valence-electron chi connectivity index (χ0n) is 17.0. The molecule has 0 unspecified atom stereocenters. The zero-order chi connectivity index (χ0) is 20.3. The summed E-state index contributed by atoms with van der Waals surface area (Å²) in [6, 6.07) is 5.61. The third-order valence-electron chi connectivity index (χ3n) is 5.87. The Kier molecular flexibility index (Phi) is 5.51. The third-order valence-corrected chi connectivity index (χ3v) is 5.87. The molecule has 4 heterocycles. The fourth-order valence-corrected chi connectivity index (χ4v) is 4.41. The summed E-state index contributed by atoms with van der Waals surface area (Å²) in [5, 5.41) is 0. The number of pyridine rings is 1. The molecule has 154 valence electrons. The molecule has 2 aliphatic rings. The lowest BCUT2D eigenvalue weighted by atomic mass is 9.73. The highest BCUT2D eigenvalue weighted by atomic mass is 16.5. The van der Waals surface area contributed by atoms with Crippen LogP contribution in [0, 0.1) is 5.41 Å². The van der Waals surface area contributed by atoms with Gasteiger partial charge in [0.05, 0.1) is 20.3 Å². The summed E-state index contributed by atoms with van der Waals surface area (Å²) in [7, 11) is 3.18. The van der Waals surface area contributed by atoms with Gasteiger partial charge in [0.2, 0.25) is 23.6 Å². The molecule has 0 aromatic carbocycles. The molecule has 0 bridgehead atoms. The van der Waals surface area contributed by atoms with Crippen LogP contribution in [0.5, 0.6) is 11.8 Å². The van der Waals surface area contributed by atoms with Crippen molar-refractivity contribution >= 4 is 11.9 Å². The van der Waals surface area contributed by atoms with Crippen molar-refractivity contribution in [1.29, 1.82) is 0 Å². The highest BCUT2D eigenvalue weighted by Crippen LogP contribution is 2.40. The van der Waals surface area contributed by atoms with E-state index in [0.29, 0.717) is 30.7 Å². The molecule has 0 aliphatic carbocycles. The average Bonchev–Trinajstić information content (AvgIpc) is 2.77. The average molecular weight is 397 g/mol. The highest BCUT2D eigenvalue weighted by molar-refractivity contribution is 5.77. The number of nitrogens with zero attached hydrogens (tertiary/aromatic N) is 5. The van der Waals surface area contributed by atoms with Gasteiger partial charge in [0.1, 0.15) is 0 Å². The molecule has 8 nitrogen and oxygen atoms in total. The first-order valence-electron chi connectivity index (χ1n) is 9.99. The predicted octanol–water partition coefficient (Wildman–Crippen LogP) is 2.30. The summed E-state index contributed by atoms with van der Waals surface area (Å²) in [6.45, 7) is 3.06. The summed E-state index contributed by atoms with van der Waals surface area (Å²) in [5.74, 6) is 1.82. The second-order valence-corrected chi connectivity index (χ2v) is 7.89. The largest absolute Gasteiger partial charge is 0.481 e. The van der Waals surface area contributed by atoms with Gasteiger partial charge in [0.25, 0.3) is 0 Å². The van der Waals surface area contributed by atoms with Gasteiger partial charge in [-0.25, -0.2) is 0 Å². The van der Waals surface area contributed by atoms with Crippen molar-refractivity contribution < 1.29 is 14.3 Å². The maximum absolute atomic E-state index is 12.6. The minimum atomic E-state index is 0.0496. The number of likely N-dealkylation sites (tertiary alicyclic amines) is 1. The van der Waals surface area contributed by atoms with Crippen molar-refractivity contribution in [2.45, 2.75) is 32.2 Å². The molecule has 0 radical (unpaired) electrons. The maximum atomic E-state index is 12.6. The predicted molar refractivity (Wildman–Crippen MR) is 108 cm³/mol. The first-order valence-corrected chi connectivity index (χ1v) is 9.99. The Balaban J connectivity index is 1.53. The maximum Gasteiger partial charge on any atom is 0.231 e. The number of carbonyl (C=O) groups excluding carboxylic acids is 1. The zero-order valence-corrected chi connectivity index (χ0v) is 17.0. The van der Waals surface area contributed by atoms with E-state index in [4.69, 9.17) is 9.47 Å². The van der Waals surface area contributed by atoms with E-state index in [0.717, 1.165) is 44.5 Å². The van der Waals surface area contributed by atoms with Crippen molar-refractivity contribution in [2.24, 2.45) is 5.41 Å². The van der Waals surface area contributed by atoms with Crippen LogP contribution in [-0.4, -0.2) is 59.6 Å². The number of methoxy groups -OCH3 is 2. The molecule has 2 aromatic rings. The lowest BCUT2D eigenvalue weighted by Crippen LogP contribution is -2.54. The van der Waals surface area contributed by atoms with E-state index in [1.54, 1.807) is 26.5 Å². The minimum absolute atomic E-state index is 0.0496. The van der Waals surface area contributed by atoms with E-state index >= 15 is 0 Å². The van der Waals surface area contributed by atoms with Gasteiger partial charge in [-0.2, -0.15) is 9.97 Å². The van der Waals surface area contributed by atoms with Gasteiger partial charge in [-0.3, -0.25) is 9.78 Å². The summed E-state index contributed by atoms with van der Waals surface area (Å²) in [6.07, 6.45) is 7.20. The lowest BCUT2D eigenvalue weighted by Gasteiger charge is -2.48. The van der Waals surface area contributed by atoms with E-state index in [1.807, 2.05) is 23.2 Å². The Morgan fingerprint density at radius 2 is 1.93 bits per heavy atom. The van der Waals surface area contributed by atoms with Crippen LogP contribution in [0.25, 0.3) is 0 Å². The number of piperidine rings is 2. The molecule has 2 saturated heterocycles. The SMILES string of the molecule is COc1cc(OC)nc(N2CCC[C@]3(CCC(=O)N(Cc4cccnc4)C3)C2)n1. The molecule has 1 atom stereocenters. The quantitative estimate of drug-likeness (QED) is 0.766. The van der Waals surface area contributed by atoms with Gasteiger partial charge >= 0.3 is 0 Å². The van der Waals surface area contributed by atoms with E-state index in [1.165, 1.54) is 0 Å². The fourth-order valence-electron chi connectivity index (χ4n) is 4.41. The second-order valence-electron chi connectivity index (χ2n) is 7.89. The minimum Gasteiger partial charge on any atom is -0.481 e. The Labute approximate surface area is 170 Å². The first-order chi connectivity index (χ1) is 14.1. The molecule has 29 heavy (non-hydrogen) atoms. The Morgan fingerprint density at radius 1 is 1.14 bits per heavy atom. The normalized spacial score (nSPS) is 22.1. The van der Waals surface area contributed by atoms with Crippen molar-refractivity contribution in [3.05, 3.63) is 36.2 Å². The number of ether oxygens (including phenoxy) is 2. The van der Waals surface area contributed by atoms with E-state index in [2.05, 4.69) is 19.9 Å². The van der Waals surface area contributed by atoms with Gasteiger partial charge in [-0.1, -0.05) is 6.07 Å². The lowest BCUT2D eigenvalue weighted by molar-refractivity contribution is -0.138. The molecule has 4 rings (SSSR count). The Morgan fingerprint density at radius 3 is 2.62 bits per heavy atom. The molecule has 0 saturated carbocycles. The molecule has 2 aliphatic heterocycles. The van der Waals surface area contributed by atoms with Crippen LogP contribution in [0.2, 0.25) is 0 Å². The topological polar surface area (TPSA) is 80.7 Å². The van der Waals surface area contributed by atoms with Crippen LogP contribution in [0.15, 0.2) is 30.6 Å². The van der Waals surface area contributed by atoms with Crippen LogP contribution in [0.3, 0.4) is 0 Å². The van der Waals surface area contributed by atoms with Crippen molar-refractivity contribution in [3.63, 3.8) is 0 Å². The number of rotatable bonds is 5. The summed E-state index contributed by atoms with van der Waals surface area (Å²) in [5.41, 5.74) is 1.11. The third kappa shape index (κ3) is 4.26. The molecular formula is C21H27N5O3. The van der Waals surface area contributed by atoms with Crippen LogP contribution in [0.1, 0.15) is 31.2 Å². The molecule has 8 heteroatoms. The van der Waals surface area contributed by atoms with Crippen molar-refractivity contribution in [1.82, 2.24) is 19.9 Å². The summed E-state index contributed by atoms with van der Waals surface area (Å²) >= 11 is 0. The second kappa shape index (κ2) is 8.23. The molecule has 1 amide bonds. The number of anilines is 1. The first kappa shape index (κ1) is 19.4.